The predicted molar refractivity (Wildman–Crippen MR) is 112 cm³/mol. The Morgan fingerprint density at radius 3 is 2.57 bits per heavy atom. The fourth-order valence-electron chi connectivity index (χ4n) is 3.81. The molecule has 0 radical (unpaired) electrons. The minimum atomic E-state index is 0.0330. The smallest absolute Gasteiger partial charge is 0.261 e. The molecule has 0 atom stereocenters. The van der Waals surface area contributed by atoms with Crippen molar-refractivity contribution in [3.05, 3.63) is 53.1 Å². The zero-order chi connectivity index (χ0) is 19.7. The highest BCUT2D eigenvalue weighted by Gasteiger charge is 2.18. The normalized spacial score (nSPS) is 15.6. The number of hydrogen-bond donors (Lipinski definition) is 0. The van der Waals surface area contributed by atoms with E-state index in [1.165, 1.54) is 0 Å². The fraction of sp³-hybridized carbons (Fsp3) is 0.476. The zero-order valence-corrected chi connectivity index (χ0v) is 16.9. The van der Waals surface area contributed by atoms with Gasteiger partial charge in [-0.15, -0.1) is 0 Å². The fourth-order valence-corrected chi connectivity index (χ4v) is 3.81. The lowest BCUT2D eigenvalue weighted by atomic mass is 10.2. The Labute approximate surface area is 165 Å². The summed E-state index contributed by atoms with van der Waals surface area (Å²) in [6.07, 6.45) is 6.49. The summed E-state index contributed by atoms with van der Waals surface area (Å²) >= 11 is 0. The number of aromatic nitrogens is 4. The van der Waals surface area contributed by atoms with Crippen molar-refractivity contribution in [1.82, 2.24) is 24.0 Å². The van der Waals surface area contributed by atoms with Crippen LogP contribution in [0.3, 0.4) is 0 Å². The molecule has 0 N–H and O–H groups in total. The van der Waals surface area contributed by atoms with Crippen molar-refractivity contribution in [2.24, 2.45) is 7.05 Å². The Balaban J connectivity index is 1.41. The largest absolute Gasteiger partial charge is 0.369 e. The van der Waals surface area contributed by atoms with Gasteiger partial charge in [-0.3, -0.25) is 14.3 Å². The van der Waals surface area contributed by atoms with Gasteiger partial charge in [0.15, 0.2) is 0 Å². The molecular formula is C21H28N6O. The molecule has 7 heteroatoms. The van der Waals surface area contributed by atoms with Gasteiger partial charge < -0.3 is 9.47 Å². The van der Waals surface area contributed by atoms with Gasteiger partial charge in [-0.2, -0.15) is 0 Å². The van der Waals surface area contributed by atoms with Crippen LogP contribution in [0.15, 0.2) is 41.7 Å². The first-order valence-corrected chi connectivity index (χ1v) is 9.97. The van der Waals surface area contributed by atoms with E-state index in [2.05, 4.69) is 30.4 Å². The molecule has 1 aromatic carbocycles. The molecule has 2 aromatic heterocycles. The molecule has 148 valence electrons. The summed E-state index contributed by atoms with van der Waals surface area (Å²) in [5.74, 6) is 1.13. The van der Waals surface area contributed by atoms with Crippen LogP contribution in [0.4, 0.5) is 5.69 Å². The lowest BCUT2D eigenvalue weighted by Gasteiger charge is -2.36. The number of rotatable bonds is 5. The molecule has 0 spiro atoms. The van der Waals surface area contributed by atoms with Crippen LogP contribution >= 0.6 is 0 Å². The first kappa shape index (κ1) is 18.7. The summed E-state index contributed by atoms with van der Waals surface area (Å²) in [5.41, 5.74) is 1.95. The number of hydrogen-bond acceptors (Lipinski definition) is 5. The lowest BCUT2D eigenvalue weighted by molar-refractivity contribution is 0.259. The molecule has 0 saturated carbocycles. The van der Waals surface area contributed by atoms with Crippen LogP contribution in [0.5, 0.6) is 0 Å². The maximum absolute atomic E-state index is 12.6. The van der Waals surface area contributed by atoms with E-state index in [4.69, 9.17) is 0 Å². The molecule has 3 heterocycles. The molecule has 1 fully saturated rings. The second-order valence-electron chi connectivity index (χ2n) is 7.79. The molecule has 7 nitrogen and oxygen atoms in total. The third-order valence-electron chi connectivity index (χ3n) is 5.63. The maximum Gasteiger partial charge on any atom is 0.261 e. The van der Waals surface area contributed by atoms with Crippen LogP contribution in [-0.4, -0.2) is 56.7 Å². The summed E-state index contributed by atoms with van der Waals surface area (Å²) < 4.78 is 3.77. The number of aryl methyl sites for hydroxylation is 1. The third kappa shape index (κ3) is 3.67. The van der Waals surface area contributed by atoms with Gasteiger partial charge in [-0.25, -0.2) is 9.97 Å². The number of benzene rings is 1. The first-order chi connectivity index (χ1) is 13.5. The molecule has 0 amide bonds. The predicted octanol–water partition coefficient (Wildman–Crippen LogP) is 2.08. The van der Waals surface area contributed by atoms with Gasteiger partial charge in [-0.05, 0) is 32.0 Å². The van der Waals surface area contributed by atoms with E-state index in [1.54, 1.807) is 10.9 Å². The molecule has 4 rings (SSSR count). The van der Waals surface area contributed by atoms with Crippen molar-refractivity contribution in [3.63, 3.8) is 0 Å². The van der Waals surface area contributed by atoms with E-state index < -0.39 is 0 Å². The Hall–Kier alpha value is -2.67. The number of nitrogens with zero attached hydrogens (tertiary/aromatic N) is 6. The van der Waals surface area contributed by atoms with Gasteiger partial charge in [0.1, 0.15) is 5.82 Å². The molecule has 1 saturated heterocycles. The number of anilines is 1. The summed E-state index contributed by atoms with van der Waals surface area (Å²) in [7, 11) is 2.05. The van der Waals surface area contributed by atoms with Gasteiger partial charge in [0.25, 0.3) is 5.56 Å². The SMILES string of the molecule is CC(C)n1cnc2cc(N3CCN(CCc4nccn4C)CC3)ccc2c1=O. The maximum atomic E-state index is 12.6. The zero-order valence-electron chi connectivity index (χ0n) is 16.9. The standard InChI is InChI=1S/C21H28N6O/c1-16(2)27-15-23-19-14-17(4-5-18(19)21(27)28)26-12-10-25(11-13-26)8-6-20-22-7-9-24(20)3/h4-5,7,9,14-16H,6,8,10-13H2,1-3H3. The molecule has 0 unspecified atom stereocenters. The summed E-state index contributed by atoms with van der Waals surface area (Å²) in [4.78, 5) is 26.4. The van der Waals surface area contributed by atoms with Gasteiger partial charge in [0, 0.05) is 70.3 Å². The van der Waals surface area contributed by atoms with Crippen molar-refractivity contribution in [2.45, 2.75) is 26.3 Å². The van der Waals surface area contributed by atoms with Crippen molar-refractivity contribution in [1.29, 1.82) is 0 Å². The van der Waals surface area contributed by atoms with E-state index in [9.17, 15) is 4.79 Å². The number of piperazine rings is 1. The van der Waals surface area contributed by atoms with Gasteiger partial charge in [-0.1, -0.05) is 0 Å². The Bertz CT molecular complexity index is 1010. The second kappa shape index (κ2) is 7.75. The Morgan fingerprint density at radius 1 is 1.11 bits per heavy atom. The van der Waals surface area contributed by atoms with Gasteiger partial charge in [0.2, 0.25) is 0 Å². The van der Waals surface area contributed by atoms with Crippen molar-refractivity contribution < 1.29 is 0 Å². The molecule has 0 bridgehead atoms. The van der Waals surface area contributed by atoms with Crippen molar-refractivity contribution >= 4 is 16.6 Å². The van der Waals surface area contributed by atoms with E-state index >= 15 is 0 Å². The van der Waals surface area contributed by atoms with Crippen molar-refractivity contribution in [2.75, 3.05) is 37.6 Å². The molecule has 0 aliphatic carbocycles. The van der Waals surface area contributed by atoms with Crippen LogP contribution in [0, 0.1) is 0 Å². The third-order valence-corrected chi connectivity index (χ3v) is 5.63. The minimum absolute atomic E-state index is 0.0330. The quantitative estimate of drug-likeness (QED) is 0.678. The number of imidazole rings is 1. The summed E-state index contributed by atoms with van der Waals surface area (Å²) in [5, 5.41) is 0.689. The minimum Gasteiger partial charge on any atom is -0.369 e. The van der Waals surface area contributed by atoms with Gasteiger partial charge >= 0.3 is 0 Å². The molecule has 28 heavy (non-hydrogen) atoms. The molecule has 3 aromatic rings. The lowest BCUT2D eigenvalue weighted by Crippen LogP contribution is -2.47. The summed E-state index contributed by atoms with van der Waals surface area (Å²) in [6, 6.07) is 6.14. The highest BCUT2D eigenvalue weighted by atomic mass is 16.1. The van der Waals surface area contributed by atoms with Crippen molar-refractivity contribution in [3.8, 4) is 0 Å². The van der Waals surface area contributed by atoms with Gasteiger partial charge in [0.05, 0.1) is 17.2 Å². The average Bonchev–Trinajstić information content (AvgIpc) is 3.11. The highest BCUT2D eigenvalue weighted by molar-refractivity contribution is 5.81. The summed E-state index contributed by atoms with van der Waals surface area (Å²) in [6.45, 7) is 9.06. The molecular weight excluding hydrogens is 352 g/mol. The molecule has 1 aliphatic rings. The monoisotopic (exact) mass is 380 g/mol. The first-order valence-electron chi connectivity index (χ1n) is 9.97. The van der Waals surface area contributed by atoms with Crippen LogP contribution in [0.25, 0.3) is 10.9 Å². The van der Waals surface area contributed by atoms with E-state index in [0.29, 0.717) is 5.39 Å². The van der Waals surface area contributed by atoms with E-state index in [-0.39, 0.29) is 11.6 Å². The van der Waals surface area contributed by atoms with Crippen LogP contribution in [-0.2, 0) is 13.5 Å². The molecule has 1 aliphatic heterocycles. The highest BCUT2D eigenvalue weighted by Crippen LogP contribution is 2.21. The Kier molecular flexibility index (Phi) is 5.17. The van der Waals surface area contributed by atoms with Crippen LogP contribution in [0.1, 0.15) is 25.7 Å². The van der Waals surface area contributed by atoms with E-state index in [0.717, 1.165) is 56.2 Å². The topological polar surface area (TPSA) is 59.2 Å². The number of fused-ring (bicyclic) bond motifs is 1. The van der Waals surface area contributed by atoms with Crippen LogP contribution in [0.2, 0.25) is 0 Å². The average molecular weight is 380 g/mol. The van der Waals surface area contributed by atoms with Crippen LogP contribution < -0.4 is 10.5 Å². The Morgan fingerprint density at radius 2 is 1.89 bits per heavy atom. The second-order valence-corrected chi connectivity index (χ2v) is 7.79. The van der Waals surface area contributed by atoms with E-state index in [1.807, 2.05) is 45.4 Å².